The van der Waals surface area contributed by atoms with Gasteiger partial charge in [-0.2, -0.15) is 0 Å². The zero-order valence-corrected chi connectivity index (χ0v) is 14.3. The first-order chi connectivity index (χ1) is 9.51. The van der Waals surface area contributed by atoms with Crippen molar-refractivity contribution in [3.05, 3.63) is 58.1 Å². The molecular formula is C17H18BrClO. The summed E-state index contributed by atoms with van der Waals surface area (Å²) in [6.07, 6.45) is 0. The first-order valence-corrected chi connectivity index (χ1v) is 8.14. The minimum Gasteiger partial charge on any atom is -0.457 e. The Morgan fingerprint density at radius 2 is 1.85 bits per heavy atom. The Morgan fingerprint density at radius 1 is 1.10 bits per heavy atom. The van der Waals surface area contributed by atoms with E-state index in [4.69, 9.17) is 16.3 Å². The van der Waals surface area contributed by atoms with E-state index in [1.54, 1.807) is 0 Å². The van der Waals surface area contributed by atoms with Crippen molar-refractivity contribution in [2.24, 2.45) is 0 Å². The van der Waals surface area contributed by atoms with Gasteiger partial charge in [-0.25, -0.2) is 0 Å². The SMILES string of the molecule is Cc1ccc(C(C)C)c(Oc2cc(Cl)ccc2CBr)c1. The molecule has 106 valence electrons. The average molecular weight is 354 g/mol. The second-order valence-corrected chi connectivity index (χ2v) is 6.18. The molecule has 0 radical (unpaired) electrons. The van der Waals surface area contributed by atoms with Gasteiger partial charge < -0.3 is 4.74 Å². The third kappa shape index (κ3) is 3.56. The van der Waals surface area contributed by atoms with Crippen molar-refractivity contribution < 1.29 is 4.74 Å². The number of aryl methyl sites for hydroxylation is 1. The van der Waals surface area contributed by atoms with Crippen LogP contribution in [0.5, 0.6) is 11.5 Å². The lowest BCUT2D eigenvalue weighted by atomic mass is 10.0. The van der Waals surface area contributed by atoms with Gasteiger partial charge in [-0.15, -0.1) is 0 Å². The van der Waals surface area contributed by atoms with Gasteiger partial charge in [0.1, 0.15) is 11.5 Å². The van der Waals surface area contributed by atoms with Crippen molar-refractivity contribution in [3.63, 3.8) is 0 Å². The van der Waals surface area contributed by atoms with Gasteiger partial charge in [-0.1, -0.05) is 59.6 Å². The molecule has 0 spiro atoms. The lowest BCUT2D eigenvalue weighted by Gasteiger charge is -2.16. The van der Waals surface area contributed by atoms with E-state index in [-0.39, 0.29) is 0 Å². The average Bonchev–Trinajstić information content (AvgIpc) is 2.38. The minimum atomic E-state index is 0.414. The molecule has 0 fully saturated rings. The number of ether oxygens (including phenoxy) is 1. The number of alkyl halides is 1. The first-order valence-electron chi connectivity index (χ1n) is 6.64. The molecule has 1 nitrogen and oxygen atoms in total. The molecule has 20 heavy (non-hydrogen) atoms. The molecule has 2 aromatic carbocycles. The second kappa shape index (κ2) is 6.64. The molecular weight excluding hydrogens is 336 g/mol. The minimum absolute atomic E-state index is 0.414. The van der Waals surface area contributed by atoms with Crippen molar-refractivity contribution >= 4 is 27.5 Å². The second-order valence-electron chi connectivity index (χ2n) is 5.18. The van der Waals surface area contributed by atoms with Crippen molar-refractivity contribution in [1.29, 1.82) is 0 Å². The maximum atomic E-state index is 6.14. The van der Waals surface area contributed by atoms with E-state index < -0.39 is 0 Å². The molecule has 0 aliphatic rings. The van der Waals surface area contributed by atoms with Crippen molar-refractivity contribution in [2.75, 3.05) is 0 Å². The highest BCUT2D eigenvalue weighted by Gasteiger charge is 2.11. The maximum absolute atomic E-state index is 6.14. The van der Waals surface area contributed by atoms with Gasteiger partial charge in [0.05, 0.1) is 0 Å². The summed E-state index contributed by atoms with van der Waals surface area (Å²) in [4.78, 5) is 0. The van der Waals surface area contributed by atoms with Gasteiger partial charge in [-0.3, -0.25) is 0 Å². The number of hydrogen-bond acceptors (Lipinski definition) is 1. The fourth-order valence-corrected chi connectivity index (χ4v) is 2.68. The maximum Gasteiger partial charge on any atom is 0.132 e. The van der Waals surface area contributed by atoms with Crippen LogP contribution < -0.4 is 4.74 Å². The van der Waals surface area contributed by atoms with E-state index in [1.807, 2.05) is 18.2 Å². The molecule has 2 aromatic rings. The van der Waals surface area contributed by atoms with Gasteiger partial charge >= 0.3 is 0 Å². The van der Waals surface area contributed by atoms with Crippen LogP contribution in [0.15, 0.2) is 36.4 Å². The largest absolute Gasteiger partial charge is 0.457 e. The quantitative estimate of drug-likeness (QED) is 0.573. The van der Waals surface area contributed by atoms with Crippen LogP contribution in [0.3, 0.4) is 0 Å². The molecule has 0 amide bonds. The fourth-order valence-electron chi connectivity index (χ4n) is 2.06. The molecule has 0 heterocycles. The predicted octanol–water partition coefficient (Wildman–Crippen LogP) is 6.46. The van der Waals surface area contributed by atoms with Gasteiger partial charge in [0.25, 0.3) is 0 Å². The van der Waals surface area contributed by atoms with E-state index in [0.29, 0.717) is 10.9 Å². The topological polar surface area (TPSA) is 9.23 Å². The van der Waals surface area contributed by atoms with Crippen LogP contribution in [0.1, 0.15) is 36.5 Å². The summed E-state index contributed by atoms with van der Waals surface area (Å²) >= 11 is 9.56. The summed E-state index contributed by atoms with van der Waals surface area (Å²) in [5.41, 5.74) is 3.48. The molecule has 0 aliphatic carbocycles. The molecule has 0 N–H and O–H groups in total. The molecule has 2 rings (SSSR count). The normalized spacial score (nSPS) is 10.9. The smallest absolute Gasteiger partial charge is 0.132 e. The van der Waals surface area contributed by atoms with Gasteiger partial charge in [-0.05, 0) is 42.2 Å². The Hall–Kier alpha value is -0.990. The van der Waals surface area contributed by atoms with Crippen LogP contribution in [-0.2, 0) is 5.33 Å². The summed E-state index contributed by atoms with van der Waals surface area (Å²) in [6.45, 7) is 6.40. The van der Waals surface area contributed by atoms with Crippen molar-refractivity contribution in [2.45, 2.75) is 32.0 Å². The third-order valence-electron chi connectivity index (χ3n) is 3.18. The summed E-state index contributed by atoms with van der Waals surface area (Å²) in [7, 11) is 0. The number of hydrogen-bond donors (Lipinski definition) is 0. The Balaban J connectivity index is 2.44. The van der Waals surface area contributed by atoms with Gasteiger partial charge in [0.15, 0.2) is 0 Å². The molecule has 0 aliphatic heterocycles. The van der Waals surface area contributed by atoms with Crippen LogP contribution in [0.25, 0.3) is 0 Å². The van der Waals surface area contributed by atoms with Crippen molar-refractivity contribution in [1.82, 2.24) is 0 Å². The van der Waals surface area contributed by atoms with Gasteiger partial charge in [0, 0.05) is 15.9 Å². The first kappa shape index (κ1) is 15.4. The monoisotopic (exact) mass is 352 g/mol. The highest BCUT2D eigenvalue weighted by molar-refractivity contribution is 9.08. The number of rotatable bonds is 4. The fraction of sp³-hybridized carbons (Fsp3) is 0.294. The van der Waals surface area contributed by atoms with E-state index in [0.717, 1.165) is 22.4 Å². The Kier molecular flexibility index (Phi) is 5.11. The molecule has 3 heteroatoms. The zero-order valence-electron chi connectivity index (χ0n) is 11.9. The lowest BCUT2D eigenvalue weighted by Crippen LogP contribution is -1.96. The molecule has 0 saturated heterocycles. The number of benzene rings is 2. The van der Waals surface area contributed by atoms with Crippen molar-refractivity contribution in [3.8, 4) is 11.5 Å². The Morgan fingerprint density at radius 3 is 2.50 bits per heavy atom. The predicted molar refractivity (Wildman–Crippen MR) is 89.4 cm³/mol. The van der Waals surface area contributed by atoms with E-state index in [9.17, 15) is 0 Å². The molecule has 0 saturated carbocycles. The van der Waals surface area contributed by atoms with Crippen LogP contribution in [0, 0.1) is 6.92 Å². The molecule has 0 bridgehead atoms. The van der Waals surface area contributed by atoms with Crippen LogP contribution >= 0.6 is 27.5 Å². The van der Waals surface area contributed by atoms with Crippen LogP contribution in [0.2, 0.25) is 5.02 Å². The summed E-state index contributed by atoms with van der Waals surface area (Å²) < 4.78 is 6.14. The molecule has 0 aromatic heterocycles. The highest BCUT2D eigenvalue weighted by Crippen LogP contribution is 2.34. The molecule has 0 unspecified atom stereocenters. The summed E-state index contributed by atoms with van der Waals surface area (Å²) in [5, 5.41) is 1.42. The highest BCUT2D eigenvalue weighted by atomic mass is 79.9. The number of halogens is 2. The lowest BCUT2D eigenvalue weighted by molar-refractivity contribution is 0.469. The van der Waals surface area contributed by atoms with E-state index >= 15 is 0 Å². The van der Waals surface area contributed by atoms with E-state index in [2.05, 4.69) is 54.9 Å². The van der Waals surface area contributed by atoms with Crippen LogP contribution in [-0.4, -0.2) is 0 Å². The van der Waals surface area contributed by atoms with Crippen LogP contribution in [0.4, 0.5) is 0 Å². The standard InChI is InChI=1S/C17H18BrClO/c1-11(2)15-7-4-12(3)8-17(15)20-16-9-14(19)6-5-13(16)10-18/h4-9,11H,10H2,1-3H3. The Labute approximate surface area is 134 Å². The summed E-state index contributed by atoms with van der Waals surface area (Å²) in [6, 6.07) is 12.1. The third-order valence-corrected chi connectivity index (χ3v) is 4.02. The molecule has 0 atom stereocenters. The summed E-state index contributed by atoms with van der Waals surface area (Å²) in [5.74, 6) is 2.13. The van der Waals surface area contributed by atoms with Gasteiger partial charge in [0.2, 0.25) is 0 Å². The Bertz CT molecular complexity index is 608. The zero-order chi connectivity index (χ0) is 14.7. The van der Waals surface area contributed by atoms with E-state index in [1.165, 1.54) is 11.1 Å².